The van der Waals surface area contributed by atoms with Crippen LogP contribution in [0.1, 0.15) is 16.1 Å². The first kappa shape index (κ1) is 14.3. The van der Waals surface area contributed by atoms with E-state index in [-0.39, 0.29) is 5.56 Å². The van der Waals surface area contributed by atoms with Crippen LogP contribution in [0.3, 0.4) is 0 Å². The molecule has 0 aliphatic carbocycles. The first-order valence-corrected chi connectivity index (χ1v) is 6.95. The van der Waals surface area contributed by atoms with Crippen molar-refractivity contribution in [2.75, 3.05) is 0 Å². The molecule has 3 aromatic rings. The number of carboxylic acid groups (broad SMARTS) is 1. The number of aromatic carboxylic acids is 1. The van der Waals surface area contributed by atoms with E-state index in [1.165, 1.54) is 0 Å². The Hall–Kier alpha value is -2.66. The Labute approximate surface area is 131 Å². The van der Waals surface area contributed by atoms with Crippen LogP contribution in [0.15, 0.2) is 48.8 Å². The predicted molar refractivity (Wildman–Crippen MR) is 83.5 cm³/mol. The zero-order chi connectivity index (χ0) is 15.7. The zero-order valence-corrected chi connectivity index (χ0v) is 12.4. The zero-order valence-electron chi connectivity index (χ0n) is 11.7. The van der Waals surface area contributed by atoms with Crippen LogP contribution in [-0.2, 0) is 0 Å². The molecule has 1 N–H and O–H groups in total. The predicted octanol–water partition coefficient (Wildman–Crippen LogP) is 3.59. The number of aromatic nitrogens is 3. The minimum absolute atomic E-state index is 0.160. The minimum Gasteiger partial charge on any atom is -0.478 e. The molecule has 0 fully saturated rings. The van der Waals surface area contributed by atoms with Gasteiger partial charge in [0.15, 0.2) is 0 Å². The molecule has 0 aliphatic heterocycles. The number of carbonyl (C=O) groups is 1. The fourth-order valence-electron chi connectivity index (χ4n) is 2.32. The second-order valence-corrected chi connectivity index (χ2v) is 5.18. The van der Waals surface area contributed by atoms with Crippen LogP contribution in [0, 0.1) is 6.92 Å². The van der Waals surface area contributed by atoms with Gasteiger partial charge < -0.3 is 5.11 Å². The highest BCUT2D eigenvalue weighted by atomic mass is 35.5. The lowest BCUT2D eigenvalue weighted by Crippen LogP contribution is -2.02. The molecule has 22 heavy (non-hydrogen) atoms. The third-order valence-corrected chi connectivity index (χ3v) is 3.55. The number of halogens is 1. The van der Waals surface area contributed by atoms with Gasteiger partial charge in [0, 0.05) is 23.0 Å². The molecule has 0 saturated carbocycles. The second kappa shape index (κ2) is 5.61. The van der Waals surface area contributed by atoms with Gasteiger partial charge in [0.25, 0.3) is 0 Å². The van der Waals surface area contributed by atoms with E-state index in [4.69, 9.17) is 11.6 Å². The minimum atomic E-state index is -1.02. The van der Waals surface area contributed by atoms with Gasteiger partial charge in [0.05, 0.1) is 11.4 Å². The maximum absolute atomic E-state index is 11.6. The highest BCUT2D eigenvalue weighted by molar-refractivity contribution is 6.30. The summed E-state index contributed by atoms with van der Waals surface area (Å²) in [5, 5.41) is 14.5. The van der Waals surface area contributed by atoms with Crippen molar-refractivity contribution < 1.29 is 9.90 Å². The molecule has 0 saturated heterocycles. The van der Waals surface area contributed by atoms with Crippen molar-refractivity contribution in [1.82, 2.24) is 14.8 Å². The van der Waals surface area contributed by atoms with E-state index in [1.54, 1.807) is 54.3 Å². The fourth-order valence-corrected chi connectivity index (χ4v) is 2.51. The molecule has 1 aromatic carbocycles. The van der Waals surface area contributed by atoms with Gasteiger partial charge in [-0.15, -0.1) is 0 Å². The van der Waals surface area contributed by atoms with Crippen LogP contribution in [0.5, 0.6) is 0 Å². The van der Waals surface area contributed by atoms with Crippen LogP contribution < -0.4 is 0 Å². The molecule has 2 aromatic heterocycles. The Morgan fingerprint density at radius 3 is 2.73 bits per heavy atom. The van der Waals surface area contributed by atoms with Crippen molar-refractivity contribution in [3.05, 3.63) is 65.1 Å². The molecule has 0 amide bonds. The maximum Gasteiger partial charge on any atom is 0.339 e. The average Bonchev–Trinajstić information content (AvgIpc) is 2.86. The van der Waals surface area contributed by atoms with Crippen molar-refractivity contribution in [2.24, 2.45) is 0 Å². The van der Waals surface area contributed by atoms with Crippen molar-refractivity contribution in [3.8, 4) is 16.9 Å². The molecule has 0 bridgehead atoms. The lowest BCUT2D eigenvalue weighted by Gasteiger charge is -2.04. The van der Waals surface area contributed by atoms with Gasteiger partial charge in [-0.1, -0.05) is 17.7 Å². The largest absolute Gasteiger partial charge is 0.478 e. The number of benzene rings is 1. The molecule has 0 radical (unpaired) electrons. The van der Waals surface area contributed by atoms with Gasteiger partial charge in [-0.25, -0.2) is 9.48 Å². The van der Waals surface area contributed by atoms with E-state index in [1.807, 2.05) is 6.07 Å². The van der Waals surface area contributed by atoms with E-state index in [2.05, 4.69) is 10.1 Å². The van der Waals surface area contributed by atoms with Gasteiger partial charge in [-0.05, 0) is 37.3 Å². The lowest BCUT2D eigenvalue weighted by atomic mass is 10.1. The van der Waals surface area contributed by atoms with E-state index in [0.29, 0.717) is 27.7 Å². The molecular formula is C16H12ClN3O2. The smallest absolute Gasteiger partial charge is 0.339 e. The van der Waals surface area contributed by atoms with Gasteiger partial charge in [0.1, 0.15) is 11.3 Å². The van der Waals surface area contributed by atoms with Crippen molar-refractivity contribution in [3.63, 3.8) is 0 Å². The van der Waals surface area contributed by atoms with Crippen LogP contribution in [0.2, 0.25) is 5.02 Å². The summed E-state index contributed by atoms with van der Waals surface area (Å²) in [6.07, 6.45) is 3.22. The van der Waals surface area contributed by atoms with Crippen LogP contribution >= 0.6 is 11.6 Å². The second-order valence-electron chi connectivity index (χ2n) is 4.75. The van der Waals surface area contributed by atoms with Crippen molar-refractivity contribution in [1.29, 1.82) is 0 Å². The number of hydrogen-bond donors (Lipinski definition) is 1. The van der Waals surface area contributed by atoms with E-state index >= 15 is 0 Å². The summed E-state index contributed by atoms with van der Waals surface area (Å²) < 4.78 is 1.58. The van der Waals surface area contributed by atoms with Gasteiger partial charge in [-0.3, -0.25) is 4.98 Å². The molecule has 5 nitrogen and oxygen atoms in total. The summed E-state index contributed by atoms with van der Waals surface area (Å²) in [6, 6.07) is 10.6. The highest BCUT2D eigenvalue weighted by Crippen LogP contribution is 2.27. The number of rotatable bonds is 3. The summed E-state index contributed by atoms with van der Waals surface area (Å²) >= 11 is 6.01. The molecule has 3 rings (SSSR count). The number of carboxylic acids is 1. The Balaban J connectivity index is 2.24. The fraction of sp³-hybridized carbons (Fsp3) is 0.0625. The SMILES string of the molecule is Cc1c(C(=O)O)c(-c2cccnc2)nn1-c1cccc(Cl)c1. The third-order valence-electron chi connectivity index (χ3n) is 3.32. The van der Waals surface area contributed by atoms with Crippen LogP contribution in [0.4, 0.5) is 0 Å². The molecule has 110 valence electrons. The summed E-state index contributed by atoms with van der Waals surface area (Å²) in [7, 11) is 0. The van der Waals surface area contributed by atoms with Crippen molar-refractivity contribution in [2.45, 2.75) is 6.92 Å². The Morgan fingerprint density at radius 2 is 2.09 bits per heavy atom. The van der Waals surface area contributed by atoms with Crippen LogP contribution in [-0.4, -0.2) is 25.8 Å². The number of pyridine rings is 1. The standard InChI is InChI=1S/C16H12ClN3O2/c1-10-14(16(21)22)15(11-4-3-7-18-9-11)19-20(10)13-6-2-5-12(17)8-13/h2-9H,1H3,(H,21,22). The first-order chi connectivity index (χ1) is 10.6. The van der Waals surface area contributed by atoms with E-state index in [0.717, 1.165) is 0 Å². The summed E-state index contributed by atoms with van der Waals surface area (Å²) in [5.74, 6) is -1.02. The quantitative estimate of drug-likeness (QED) is 0.802. The molecule has 0 spiro atoms. The van der Waals surface area contributed by atoms with Gasteiger partial charge in [0.2, 0.25) is 0 Å². The molecule has 6 heteroatoms. The van der Waals surface area contributed by atoms with Crippen LogP contribution in [0.25, 0.3) is 16.9 Å². The molecule has 0 unspecified atom stereocenters. The monoisotopic (exact) mass is 313 g/mol. The molecule has 2 heterocycles. The Kier molecular flexibility index (Phi) is 3.65. The Morgan fingerprint density at radius 1 is 1.27 bits per heavy atom. The van der Waals surface area contributed by atoms with E-state index in [9.17, 15) is 9.90 Å². The average molecular weight is 314 g/mol. The lowest BCUT2D eigenvalue weighted by molar-refractivity contribution is 0.0697. The first-order valence-electron chi connectivity index (χ1n) is 6.57. The topological polar surface area (TPSA) is 68.0 Å². The molecule has 0 aliphatic rings. The summed E-state index contributed by atoms with van der Waals surface area (Å²) in [5.41, 5.74) is 2.45. The van der Waals surface area contributed by atoms with Crippen molar-refractivity contribution >= 4 is 17.6 Å². The van der Waals surface area contributed by atoms with Gasteiger partial charge >= 0.3 is 5.97 Å². The summed E-state index contributed by atoms with van der Waals surface area (Å²) in [6.45, 7) is 1.72. The number of nitrogens with zero attached hydrogens (tertiary/aromatic N) is 3. The third kappa shape index (κ3) is 2.46. The van der Waals surface area contributed by atoms with E-state index < -0.39 is 5.97 Å². The molecule has 0 atom stereocenters. The normalized spacial score (nSPS) is 10.6. The molecular weight excluding hydrogens is 302 g/mol. The summed E-state index contributed by atoms with van der Waals surface area (Å²) in [4.78, 5) is 15.7. The Bertz CT molecular complexity index is 844. The van der Waals surface area contributed by atoms with Gasteiger partial charge in [-0.2, -0.15) is 5.10 Å². The number of hydrogen-bond acceptors (Lipinski definition) is 3. The highest BCUT2D eigenvalue weighted by Gasteiger charge is 2.22. The maximum atomic E-state index is 11.6.